The van der Waals surface area contributed by atoms with Gasteiger partial charge in [0.1, 0.15) is 17.6 Å². The first-order chi connectivity index (χ1) is 17.4. The molecule has 3 aromatic carbocycles. The van der Waals surface area contributed by atoms with Crippen molar-refractivity contribution in [2.24, 2.45) is 5.92 Å². The van der Waals surface area contributed by atoms with Crippen molar-refractivity contribution in [1.29, 1.82) is 5.26 Å². The van der Waals surface area contributed by atoms with Crippen LogP contribution in [0.3, 0.4) is 0 Å². The molecule has 178 valence electrons. The number of benzene rings is 3. The van der Waals surface area contributed by atoms with Crippen LogP contribution >= 0.6 is 11.6 Å². The fourth-order valence-corrected chi connectivity index (χ4v) is 4.65. The van der Waals surface area contributed by atoms with E-state index in [-0.39, 0.29) is 27.6 Å². The van der Waals surface area contributed by atoms with Crippen molar-refractivity contribution in [1.82, 2.24) is 10.2 Å². The summed E-state index contributed by atoms with van der Waals surface area (Å²) in [7, 11) is 0. The minimum Gasteiger partial charge on any atom is -0.423 e. The zero-order valence-corrected chi connectivity index (χ0v) is 19.6. The first-order valence-electron chi connectivity index (χ1n) is 11.1. The highest BCUT2D eigenvalue weighted by atomic mass is 35.5. The Bertz CT molecular complexity index is 1610. The van der Waals surface area contributed by atoms with Crippen molar-refractivity contribution in [3.8, 4) is 11.8 Å². The minimum atomic E-state index is -0.734. The molecule has 1 N–H and O–H groups in total. The monoisotopic (exact) mass is 501 g/mol. The topological polar surface area (TPSA) is 78.8 Å². The lowest BCUT2D eigenvalue weighted by molar-refractivity contribution is -0.128. The molecule has 1 heterocycles. The number of ether oxygens (including phenoxy) is 1. The zero-order chi connectivity index (χ0) is 25.4. The Labute approximate surface area is 210 Å². The predicted molar refractivity (Wildman–Crippen MR) is 133 cm³/mol. The summed E-state index contributed by atoms with van der Waals surface area (Å²) in [6, 6.07) is 16.4. The molecule has 0 bridgehead atoms. The molecule has 1 fully saturated rings. The van der Waals surface area contributed by atoms with E-state index in [9.17, 15) is 18.8 Å². The SMILES string of the molecule is C=CC(=O)Oc1ccccc1/C(=C(/c1ccc(F)cc1Cl)C1CC1)c1ccc2n[nH]c(F)c2c1C#N. The summed E-state index contributed by atoms with van der Waals surface area (Å²) in [5.74, 6) is -1.61. The molecule has 1 saturated carbocycles. The predicted octanol–water partition coefficient (Wildman–Crippen LogP) is 6.83. The number of hydrogen-bond acceptors (Lipinski definition) is 4. The van der Waals surface area contributed by atoms with Crippen molar-refractivity contribution < 1.29 is 18.3 Å². The van der Waals surface area contributed by atoms with Gasteiger partial charge in [0, 0.05) is 17.2 Å². The van der Waals surface area contributed by atoms with Crippen LogP contribution in [-0.2, 0) is 4.79 Å². The van der Waals surface area contributed by atoms with Crippen LogP contribution in [0, 0.1) is 29.0 Å². The maximum absolute atomic E-state index is 14.7. The number of esters is 1. The molecule has 0 saturated heterocycles. The second kappa shape index (κ2) is 9.40. The second-order valence-corrected chi connectivity index (χ2v) is 8.75. The van der Waals surface area contributed by atoms with Gasteiger partial charge in [0.25, 0.3) is 0 Å². The molecule has 1 aromatic heterocycles. The Kier molecular flexibility index (Phi) is 6.13. The number of nitriles is 1. The van der Waals surface area contributed by atoms with E-state index in [1.807, 2.05) is 0 Å². The third kappa shape index (κ3) is 4.16. The zero-order valence-electron chi connectivity index (χ0n) is 18.8. The number of hydrogen-bond donors (Lipinski definition) is 1. The van der Waals surface area contributed by atoms with Crippen LogP contribution in [0.25, 0.3) is 22.0 Å². The molecule has 0 atom stereocenters. The number of rotatable bonds is 6. The van der Waals surface area contributed by atoms with Gasteiger partial charge in [-0.25, -0.2) is 9.18 Å². The molecule has 8 heteroatoms. The Balaban J connectivity index is 1.92. The quantitative estimate of drug-likeness (QED) is 0.136. The highest BCUT2D eigenvalue weighted by Crippen LogP contribution is 2.51. The number of carbonyl (C=O) groups is 1. The van der Waals surface area contributed by atoms with Crippen LogP contribution in [0.1, 0.15) is 35.1 Å². The largest absolute Gasteiger partial charge is 0.423 e. The van der Waals surface area contributed by atoms with Crippen molar-refractivity contribution >= 4 is 39.6 Å². The smallest absolute Gasteiger partial charge is 0.335 e. The summed E-state index contributed by atoms with van der Waals surface area (Å²) in [6.45, 7) is 3.46. The summed E-state index contributed by atoms with van der Waals surface area (Å²) < 4.78 is 34.2. The molecular weight excluding hydrogens is 484 g/mol. The number of allylic oxidation sites excluding steroid dienone is 1. The van der Waals surface area contributed by atoms with E-state index in [4.69, 9.17) is 16.3 Å². The highest BCUT2D eigenvalue weighted by Gasteiger charge is 2.34. The number of nitrogens with zero attached hydrogens (tertiary/aromatic N) is 2. The Morgan fingerprint density at radius 1 is 1.14 bits per heavy atom. The maximum atomic E-state index is 14.7. The highest BCUT2D eigenvalue weighted by molar-refractivity contribution is 6.33. The van der Waals surface area contributed by atoms with Gasteiger partial charge in [-0.05, 0) is 59.7 Å². The second-order valence-electron chi connectivity index (χ2n) is 8.34. The molecular formula is C28H18ClF2N3O2. The van der Waals surface area contributed by atoms with E-state index < -0.39 is 17.7 Å². The molecule has 1 aliphatic rings. The van der Waals surface area contributed by atoms with Gasteiger partial charge in [-0.2, -0.15) is 14.8 Å². The molecule has 1 aliphatic carbocycles. The van der Waals surface area contributed by atoms with Gasteiger partial charge in [0.2, 0.25) is 5.95 Å². The first kappa shape index (κ1) is 23.5. The number of aromatic amines is 1. The van der Waals surface area contributed by atoms with E-state index in [2.05, 4.69) is 22.8 Å². The first-order valence-corrected chi connectivity index (χ1v) is 11.5. The fourth-order valence-electron chi connectivity index (χ4n) is 4.38. The van der Waals surface area contributed by atoms with E-state index in [1.165, 1.54) is 12.1 Å². The van der Waals surface area contributed by atoms with Crippen molar-refractivity contribution in [2.45, 2.75) is 12.8 Å². The van der Waals surface area contributed by atoms with Crippen LogP contribution in [-0.4, -0.2) is 16.2 Å². The number of fused-ring (bicyclic) bond motifs is 1. The summed E-state index contributed by atoms with van der Waals surface area (Å²) in [5.41, 5.74) is 3.14. The van der Waals surface area contributed by atoms with Crippen molar-refractivity contribution in [3.05, 3.63) is 106 Å². The van der Waals surface area contributed by atoms with Gasteiger partial charge >= 0.3 is 5.97 Å². The Morgan fingerprint density at radius 3 is 2.58 bits per heavy atom. The molecule has 0 amide bonds. The number of para-hydroxylation sites is 1. The minimum absolute atomic E-state index is 0.0440. The van der Waals surface area contributed by atoms with Crippen LogP contribution < -0.4 is 4.74 Å². The number of halogens is 3. The average molecular weight is 502 g/mol. The fraction of sp³-hybridized carbons (Fsp3) is 0.107. The van der Waals surface area contributed by atoms with E-state index >= 15 is 0 Å². The molecule has 5 rings (SSSR count). The van der Waals surface area contributed by atoms with Gasteiger partial charge in [-0.3, -0.25) is 5.10 Å². The third-order valence-corrected chi connectivity index (χ3v) is 6.38. The van der Waals surface area contributed by atoms with Crippen LogP contribution in [0.4, 0.5) is 8.78 Å². The van der Waals surface area contributed by atoms with Gasteiger partial charge in [-0.1, -0.05) is 48.5 Å². The lowest BCUT2D eigenvalue weighted by atomic mass is 9.84. The number of carbonyl (C=O) groups excluding carboxylic acids is 1. The van der Waals surface area contributed by atoms with Crippen LogP contribution in [0.2, 0.25) is 5.02 Å². The number of aromatic nitrogens is 2. The molecule has 0 aliphatic heterocycles. The molecule has 0 spiro atoms. The van der Waals surface area contributed by atoms with Crippen molar-refractivity contribution in [2.75, 3.05) is 0 Å². The summed E-state index contributed by atoms with van der Waals surface area (Å²) in [5, 5.41) is 16.6. The van der Waals surface area contributed by atoms with E-state index in [1.54, 1.807) is 42.5 Å². The Morgan fingerprint density at radius 2 is 1.89 bits per heavy atom. The number of H-pyrrole nitrogens is 1. The van der Waals surface area contributed by atoms with E-state index in [0.717, 1.165) is 24.5 Å². The summed E-state index contributed by atoms with van der Waals surface area (Å²) in [4.78, 5) is 12.1. The standard InChI is InChI=1S/C28H18ClF2N3O2/c1-2-24(35)36-23-6-4-3-5-19(23)26(17-11-12-22-27(20(17)14-32)28(31)34-33-22)25(15-7-8-15)18-10-9-16(30)13-21(18)29/h2-6,9-13,15H,1,7-8H2,(H,33,34)/b26-25+. The molecule has 0 unspecified atom stereocenters. The molecule has 36 heavy (non-hydrogen) atoms. The van der Waals surface area contributed by atoms with Gasteiger partial charge in [0.15, 0.2) is 0 Å². The normalized spacial score (nSPS) is 13.7. The van der Waals surface area contributed by atoms with Gasteiger partial charge < -0.3 is 4.74 Å². The van der Waals surface area contributed by atoms with E-state index in [0.29, 0.717) is 27.8 Å². The summed E-state index contributed by atoms with van der Waals surface area (Å²) in [6.07, 6.45) is 2.73. The Hall–Kier alpha value is -4.28. The van der Waals surface area contributed by atoms with Gasteiger partial charge in [-0.15, -0.1) is 0 Å². The van der Waals surface area contributed by atoms with Gasteiger partial charge in [0.05, 0.1) is 21.5 Å². The van der Waals surface area contributed by atoms with Crippen molar-refractivity contribution in [3.63, 3.8) is 0 Å². The van der Waals surface area contributed by atoms with Crippen LogP contribution in [0.15, 0.2) is 67.3 Å². The molecule has 5 nitrogen and oxygen atoms in total. The average Bonchev–Trinajstić information content (AvgIpc) is 3.65. The lowest BCUT2D eigenvalue weighted by Crippen LogP contribution is -2.07. The number of nitrogens with one attached hydrogen (secondary N) is 1. The lowest BCUT2D eigenvalue weighted by Gasteiger charge is -2.21. The summed E-state index contributed by atoms with van der Waals surface area (Å²) >= 11 is 6.53. The third-order valence-electron chi connectivity index (χ3n) is 6.07. The molecule has 4 aromatic rings. The van der Waals surface area contributed by atoms with Crippen LogP contribution in [0.5, 0.6) is 5.75 Å². The maximum Gasteiger partial charge on any atom is 0.335 e. The molecule has 0 radical (unpaired) electrons.